The van der Waals surface area contributed by atoms with Crippen LogP contribution in [0.2, 0.25) is 0 Å². The second-order valence-corrected chi connectivity index (χ2v) is 7.93. The molecule has 2 aromatic carbocycles. The average Bonchev–Trinajstić information content (AvgIpc) is 3.09. The lowest BCUT2D eigenvalue weighted by Crippen LogP contribution is -2.28. The van der Waals surface area contributed by atoms with Gasteiger partial charge in [0.15, 0.2) is 0 Å². The lowest BCUT2D eigenvalue weighted by molar-refractivity contribution is -0.128. The fourth-order valence-corrected chi connectivity index (χ4v) is 3.73. The van der Waals surface area contributed by atoms with Crippen molar-refractivity contribution in [2.24, 2.45) is 5.92 Å². The van der Waals surface area contributed by atoms with Gasteiger partial charge in [-0.25, -0.2) is 4.98 Å². The van der Waals surface area contributed by atoms with Gasteiger partial charge in [0.05, 0.1) is 23.1 Å². The zero-order valence-electron chi connectivity index (χ0n) is 17.0. The molecule has 0 spiro atoms. The van der Waals surface area contributed by atoms with Crippen molar-refractivity contribution in [1.29, 1.82) is 0 Å². The van der Waals surface area contributed by atoms with Gasteiger partial charge < -0.3 is 10.2 Å². The molecule has 2 amide bonds. The molecule has 0 aliphatic carbocycles. The highest BCUT2D eigenvalue weighted by atomic mass is 16.2. The Morgan fingerprint density at radius 1 is 1.17 bits per heavy atom. The molecule has 0 saturated carbocycles. The van der Waals surface area contributed by atoms with E-state index in [-0.39, 0.29) is 29.8 Å². The molecule has 2 heterocycles. The van der Waals surface area contributed by atoms with Crippen LogP contribution in [0.5, 0.6) is 0 Å². The number of nitrogens with zero attached hydrogens (tertiary/aromatic N) is 3. The highest BCUT2D eigenvalue weighted by Gasteiger charge is 2.34. The van der Waals surface area contributed by atoms with Crippen LogP contribution in [0.25, 0.3) is 10.9 Å². The third-order valence-corrected chi connectivity index (χ3v) is 5.41. The van der Waals surface area contributed by atoms with Crippen molar-refractivity contribution >= 4 is 28.4 Å². The molecule has 3 aromatic rings. The normalized spacial score (nSPS) is 16.4. The first-order chi connectivity index (χ1) is 14.4. The predicted molar refractivity (Wildman–Crippen MR) is 115 cm³/mol. The van der Waals surface area contributed by atoms with Crippen LogP contribution >= 0.6 is 0 Å². The molecule has 1 N–H and O–H groups in total. The van der Waals surface area contributed by atoms with Crippen LogP contribution < -0.4 is 10.9 Å². The summed E-state index contributed by atoms with van der Waals surface area (Å²) in [5.74, 6) is -0.661. The summed E-state index contributed by atoms with van der Waals surface area (Å²) in [6.45, 7) is 4.71. The number of amides is 2. The molecule has 0 unspecified atom stereocenters. The van der Waals surface area contributed by atoms with E-state index in [1.54, 1.807) is 34.0 Å². The highest BCUT2D eigenvalue weighted by Crippen LogP contribution is 2.23. The molecule has 30 heavy (non-hydrogen) atoms. The maximum Gasteiger partial charge on any atom is 0.261 e. The number of fused-ring (bicyclic) bond motifs is 1. The summed E-state index contributed by atoms with van der Waals surface area (Å²) >= 11 is 0. The first-order valence-electron chi connectivity index (χ1n) is 10.1. The maximum absolute atomic E-state index is 12.8. The summed E-state index contributed by atoms with van der Waals surface area (Å²) in [6.07, 6.45) is 1.73. The number of carbonyl (C=O) groups excluding carboxylic acids is 2. The second-order valence-electron chi connectivity index (χ2n) is 7.93. The van der Waals surface area contributed by atoms with Crippen LogP contribution in [-0.4, -0.2) is 32.8 Å². The van der Waals surface area contributed by atoms with Crippen LogP contribution in [0.1, 0.15) is 31.9 Å². The molecule has 7 heteroatoms. The number of likely N-dealkylation sites (tertiary alicyclic amines) is 1. The first-order valence-corrected chi connectivity index (χ1v) is 10.1. The van der Waals surface area contributed by atoms with Gasteiger partial charge in [-0.2, -0.15) is 0 Å². The predicted octanol–water partition coefficient (Wildman–Crippen LogP) is 2.96. The minimum absolute atomic E-state index is 0.00672. The lowest BCUT2D eigenvalue weighted by atomic mass is 10.1. The molecule has 0 bridgehead atoms. The molecule has 0 radical (unpaired) electrons. The van der Waals surface area contributed by atoms with Gasteiger partial charge in [0.2, 0.25) is 11.8 Å². The average molecular weight is 404 g/mol. The smallest absolute Gasteiger partial charge is 0.261 e. The van der Waals surface area contributed by atoms with Crippen molar-refractivity contribution in [1.82, 2.24) is 14.5 Å². The van der Waals surface area contributed by atoms with Crippen molar-refractivity contribution in [3.8, 4) is 0 Å². The Kier molecular flexibility index (Phi) is 5.35. The Morgan fingerprint density at radius 3 is 2.67 bits per heavy atom. The summed E-state index contributed by atoms with van der Waals surface area (Å²) in [4.78, 5) is 43.8. The molecular weight excluding hydrogens is 380 g/mol. The summed E-state index contributed by atoms with van der Waals surface area (Å²) in [5, 5.41) is 3.32. The molecule has 1 saturated heterocycles. The van der Waals surface area contributed by atoms with E-state index in [9.17, 15) is 14.4 Å². The number of hydrogen-bond acceptors (Lipinski definition) is 4. The molecule has 1 aromatic heterocycles. The number of hydrogen-bond donors (Lipinski definition) is 1. The molecule has 7 nitrogen and oxygen atoms in total. The van der Waals surface area contributed by atoms with Crippen LogP contribution in [0.4, 0.5) is 5.69 Å². The Morgan fingerprint density at radius 2 is 1.93 bits per heavy atom. The largest absolute Gasteiger partial charge is 0.338 e. The van der Waals surface area contributed by atoms with E-state index in [0.29, 0.717) is 29.7 Å². The van der Waals surface area contributed by atoms with Crippen molar-refractivity contribution in [3.63, 3.8) is 0 Å². The number of benzene rings is 2. The first kappa shape index (κ1) is 19.8. The molecule has 1 atom stereocenters. The summed E-state index contributed by atoms with van der Waals surface area (Å²) in [5.41, 5.74) is 2.01. The Hall–Kier alpha value is -3.48. The van der Waals surface area contributed by atoms with E-state index < -0.39 is 5.92 Å². The van der Waals surface area contributed by atoms with Crippen molar-refractivity contribution in [3.05, 3.63) is 70.8 Å². The van der Waals surface area contributed by atoms with Gasteiger partial charge in [0, 0.05) is 31.2 Å². The van der Waals surface area contributed by atoms with E-state index in [2.05, 4.69) is 10.3 Å². The van der Waals surface area contributed by atoms with Crippen molar-refractivity contribution in [2.75, 3.05) is 11.9 Å². The maximum atomic E-state index is 12.8. The van der Waals surface area contributed by atoms with Gasteiger partial charge in [-0.05, 0) is 37.6 Å². The number of rotatable bonds is 5. The quantitative estimate of drug-likeness (QED) is 0.709. The summed E-state index contributed by atoms with van der Waals surface area (Å²) in [7, 11) is 0. The molecule has 154 valence electrons. The highest BCUT2D eigenvalue weighted by molar-refractivity contribution is 5.98. The van der Waals surface area contributed by atoms with Crippen molar-refractivity contribution in [2.45, 2.75) is 32.9 Å². The minimum atomic E-state index is -0.418. The van der Waals surface area contributed by atoms with Gasteiger partial charge in [0.25, 0.3) is 5.56 Å². The molecule has 1 aliphatic rings. The number of aromatic nitrogens is 2. The molecular formula is C23H24N4O3. The van der Waals surface area contributed by atoms with Gasteiger partial charge >= 0.3 is 0 Å². The number of nitrogens with one attached hydrogen (secondary N) is 1. The van der Waals surface area contributed by atoms with E-state index in [0.717, 1.165) is 5.56 Å². The zero-order chi connectivity index (χ0) is 21.3. The zero-order valence-corrected chi connectivity index (χ0v) is 17.0. The van der Waals surface area contributed by atoms with Crippen LogP contribution in [0.15, 0.2) is 59.7 Å². The SMILES string of the molecule is CC(C)n1cnc2ccc(NC(=O)[C@@H]3CC(=O)N(Cc4ccccc4)C3)cc2c1=O. The number of anilines is 1. The van der Waals surface area contributed by atoms with E-state index in [1.165, 1.54) is 0 Å². The third kappa shape index (κ3) is 3.96. The van der Waals surface area contributed by atoms with E-state index >= 15 is 0 Å². The van der Waals surface area contributed by atoms with E-state index in [1.807, 2.05) is 44.2 Å². The van der Waals surface area contributed by atoms with Crippen LogP contribution in [0, 0.1) is 5.92 Å². The molecule has 4 rings (SSSR count). The summed E-state index contributed by atoms with van der Waals surface area (Å²) in [6, 6.07) is 14.8. The van der Waals surface area contributed by atoms with Gasteiger partial charge in [-0.15, -0.1) is 0 Å². The number of carbonyl (C=O) groups is 2. The van der Waals surface area contributed by atoms with Gasteiger partial charge in [-0.1, -0.05) is 30.3 Å². The Bertz CT molecular complexity index is 1150. The van der Waals surface area contributed by atoms with Gasteiger partial charge in [-0.3, -0.25) is 19.0 Å². The third-order valence-electron chi connectivity index (χ3n) is 5.41. The molecule has 1 fully saturated rings. The van der Waals surface area contributed by atoms with E-state index in [4.69, 9.17) is 0 Å². The topological polar surface area (TPSA) is 84.3 Å². The Balaban J connectivity index is 1.48. The van der Waals surface area contributed by atoms with Crippen molar-refractivity contribution < 1.29 is 9.59 Å². The van der Waals surface area contributed by atoms with Gasteiger partial charge in [0.1, 0.15) is 0 Å². The fourth-order valence-electron chi connectivity index (χ4n) is 3.73. The standard InChI is InChI=1S/C23H24N4O3/c1-15(2)27-14-24-20-9-8-18(11-19(20)23(27)30)25-22(29)17-10-21(28)26(13-17)12-16-6-4-3-5-7-16/h3-9,11,14-15,17H,10,12-13H2,1-2H3,(H,25,29)/t17-/m1/s1. The monoisotopic (exact) mass is 404 g/mol. The molecule has 1 aliphatic heterocycles. The fraction of sp³-hybridized carbons (Fsp3) is 0.304. The van der Waals surface area contributed by atoms with Crippen LogP contribution in [0.3, 0.4) is 0 Å². The lowest BCUT2D eigenvalue weighted by Gasteiger charge is -2.17. The minimum Gasteiger partial charge on any atom is -0.338 e. The van der Waals surface area contributed by atoms with Crippen LogP contribution in [-0.2, 0) is 16.1 Å². The second kappa shape index (κ2) is 8.10. The summed E-state index contributed by atoms with van der Waals surface area (Å²) < 4.78 is 1.56. The Labute approximate surface area is 174 Å².